The summed E-state index contributed by atoms with van der Waals surface area (Å²) in [6, 6.07) is -0.485. The third-order valence-electron chi connectivity index (χ3n) is 1.16. The van der Waals surface area contributed by atoms with Crippen molar-refractivity contribution in [3.63, 3.8) is 0 Å². The van der Waals surface area contributed by atoms with Gasteiger partial charge in [0.05, 0.1) is 0 Å². The first-order chi connectivity index (χ1) is 5.15. The molecule has 1 heterocycles. The first-order valence-corrected chi connectivity index (χ1v) is 2.89. The van der Waals surface area contributed by atoms with Crippen LogP contribution in [0.25, 0.3) is 0 Å². The molecule has 0 bridgehead atoms. The lowest BCUT2D eigenvalue weighted by Gasteiger charge is -2.02. The minimum Gasteiger partial charge on any atom is -0.503 e. The van der Waals surface area contributed by atoms with Gasteiger partial charge in [-0.1, -0.05) is 0 Å². The quantitative estimate of drug-likeness (QED) is 0.411. The Morgan fingerprint density at radius 1 is 1.27 bits per heavy atom. The van der Waals surface area contributed by atoms with Crippen molar-refractivity contribution < 1.29 is 10.2 Å². The largest absolute Gasteiger partial charge is 0.503 e. The maximum absolute atomic E-state index is 9.08. The molecule has 0 aliphatic rings. The number of rotatable bonds is 1. The summed E-state index contributed by atoms with van der Waals surface area (Å²) in [6.45, 7) is 0.00606. The summed E-state index contributed by atoms with van der Waals surface area (Å²) in [5.41, 5.74) is 10.5. The Morgan fingerprint density at radius 2 is 1.91 bits per heavy atom. The Kier molecular flexibility index (Phi) is 1.77. The molecule has 0 saturated carbocycles. The zero-order chi connectivity index (χ0) is 8.43. The molecule has 0 fully saturated rings. The molecular weight excluding hydrogens is 148 g/mol. The Hall–Kier alpha value is -1.56. The number of hydrogen-bond acceptors (Lipinski definition) is 6. The Morgan fingerprint density at radius 3 is 2.45 bits per heavy atom. The summed E-state index contributed by atoms with van der Waals surface area (Å²) in [6.07, 6.45) is 0. The van der Waals surface area contributed by atoms with E-state index in [0.29, 0.717) is 0 Å². The highest BCUT2D eigenvalue weighted by molar-refractivity contribution is 5.48. The predicted molar refractivity (Wildman–Crippen MR) is 37.7 cm³/mol. The molecule has 1 aromatic heterocycles. The highest BCUT2D eigenvalue weighted by atomic mass is 16.3. The van der Waals surface area contributed by atoms with Gasteiger partial charge in [-0.05, 0) is 0 Å². The summed E-state index contributed by atoms with van der Waals surface area (Å²) < 4.78 is 0. The number of anilines is 1. The van der Waals surface area contributed by atoms with Crippen LogP contribution in [0.5, 0.6) is 11.8 Å². The maximum atomic E-state index is 9.08. The van der Waals surface area contributed by atoms with Crippen molar-refractivity contribution in [2.24, 2.45) is 5.73 Å². The van der Waals surface area contributed by atoms with Crippen LogP contribution in [0.1, 0.15) is 5.69 Å². The molecule has 0 atom stereocenters. The van der Waals surface area contributed by atoms with Crippen LogP contribution in [0.15, 0.2) is 0 Å². The van der Waals surface area contributed by atoms with E-state index in [0.717, 1.165) is 0 Å². The molecule has 11 heavy (non-hydrogen) atoms. The second-order valence-corrected chi connectivity index (χ2v) is 1.91. The lowest BCUT2D eigenvalue weighted by Crippen LogP contribution is -2.03. The first kappa shape index (κ1) is 7.55. The van der Waals surface area contributed by atoms with E-state index in [1.165, 1.54) is 0 Å². The average Bonchev–Trinajstić information content (AvgIpc) is 1.96. The van der Waals surface area contributed by atoms with Crippen molar-refractivity contribution in [1.29, 1.82) is 0 Å². The number of nitrogen functional groups attached to an aromatic ring is 1. The Labute approximate surface area is 62.5 Å². The van der Waals surface area contributed by atoms with Crippen LogP contribution in [-0.4, -0.2) is 20.2 Å². The number of aromatic nitrogens is 2. The van der Waals surface area contributed by atoms with E-state index in [1.807, 2.05) is 0 Å². The third kappa shape index (κ3) is 1.30. The van der Waals surface area contributed by atoms with Crippen molar-refractivity contribution in [2.45, 2.75) is 6.54 Å². The van der Waals surface area contributed by atoms with E-state index in [2.05, 4.69) is 9.97 Å². The summed E-state index contributed by atoms with van der Waals surface area (Å²) in [4.78, 5) is 6.74. The van der Waals surface area contributed by atoms with E-state index in [1.54, 1.807) is 0 Å². The van der Waals surface area contributed by atoms with Gasteiger partial charge < -0.3 is 21.7 Å². The fraction of sp³-hybridized carbons (Fsp3) is 0.200. The maximum Gasteiger partial charge on any atom is 0.316 e. The van der Waals surface area contributed by atoms with Gasteiger partial charge in [-0.3, -0.25) is 0 Å². The Balaban J connectivity index is 3.24. The standard InChI is InChI=1S/C5H8N4O2/c6-1-2-3(10)4(7)9-5(11)8-2/h10H,1,6H2,(H3,7,8,9,11). The summed E-state index contributed by atoms with van der Waals surface area (Å²) in [5, 5.41) is 17.9. The van der Waals surface area contributed by atoms with Crippen LogP contribution in [0, 0.1) is 0 Å². The highest BCUT2D eigenvalue weighted by Gasteiger charge is 2.08. The van der Waals surface area contributed by atoms with Gasteiger partial charge in [0.25, 0.3) is 0 Å². The molecule has 0 saturated heterocycles. The van der Waals surface area contributed by atoms with Crippen molar-refractivity contribution in [1.82, 2.24) is 9.97 Å². The van der Waals surface area contributed by atoms with Gasteiger partial charge in [0.1, 0.15) is 5.69 Å². The van der Waals surface area contributed by atoms with Gasteiger partial charge in [-0.2, -0.15) is 9.97 Å². The number of hydrogen-bond donors (Lipinski definition) is 4. The van der Waals surface area contributed by atoms with Crippen molar-refractivity contribution in [3.8, 4) is 11.8 Å². The highest BCUT2D eigenvalue weighted by Crippen LogP contribution is 2.22. The molecular formula is C5H8N4O2. The van der Waals surface area contributed by atoms with Gasteiger partial charge in [-0.15, -0.1) is 0 Å². The van der Waals surface area contributed by atoms with Gasteiger partial charge in [0.2, 0.25) is 0 Å². The molecule has 0 spiro atoms. The second kappa shape index (κ2) is 2.59. The summed E-state index contributed by atoms with van der Waals surface area (Å²) in [7, 11) is 0. The van der Waals surface area contributed by atoms with Crippen LogP contribution in [0.4, 0.5) is 5.82 Å². The molecule has 0 aliphatic heterocycles. The fourth-order valence-electron chi connectivity index (χ4n) is 0.649. The van der Waals surface area contributed by atoms with Gasteiger partial charge in [-0.25, -0.2) is 0 Å². The molecule has 60 valence electrons. The number of aromatic hydroxyl groups is 2. The molecule has 1 rings (SSSR count). The Bertz CT molecular complexity index is 275. The van der Waals surface area contributed by atoms with Crippen molar-refractivity contribution in [2.75, 3.05) is 5.73 Å². The molecule has 6 N–H and O–H groups in total. The molecule has 1 aromatic rings. The second-order valence-electron chi connectivity index (χ2n) is 1.91. The normalized spacial score (nSPS) is 9.91. The van der Waals surface area contributed by atoms with Crippen molar-refractivity contribution >= 4 is 5.82 Å². The zero-order valence-corrected chi connectivity index (χ0v) is 5.65. The lowest BCUT2D eigenvalue weighted by molar-refractivity contribution is 0.414. The van der Waals surface area contributed by atoms with E-state index in [4.69, 9.17) is 21.7 Å². The zero-order valence-electron chi connectivity index (χ0n) is 5.65. The van der Waals surface area contributed by atoms with Crippen LogP contribution in [0.2, 0.25) is 0 Å². The van der Waals surface area contributed by atoms with E-state index >= 15 is 0 Å². The first-order valence-electron chi connectivity index (χ1n) is 2.89. The fourth-order valence-corrected chi connectivity index (χ4v) is 0.649. The third-order valence-corrected chi connectivity index (χ3v) is 1.16. The van der Waals surface area contributed by atoms with Gasteiger partial charge in [0.15, 0.2) is 11.6 Å². The molecule has 0 radical (unpaired) electrons. The molecule has 0 aliphatic carbocycles. The van der Waals surface area contributed by atoms with E-state index < -0.39 is 6.01 Å². The van der Waals surface area contributed by atoms with Crippen LogP contribution < -0.4 is 11.5 Å². The van der Waals surface area contributed by atoms with Crippen LogP contribution >= 0.6 is 0 Å². The summed E-state index contributed by atoms with van der Waals surface area (Å²) >= 11 is 0. The summed E-state index contributed by atoms with van der Waals surface area (Å²) in [5.74, 6) is -0.441. The predicted octanol–water partition coefficient (Wildman–Crippen LogP) is -1.07. The minimum absolute atomic E-state index is 0.00606. The molecule has 0 aromatic carbocycles. The number of nitrogens with two attached hydrogens (primary N) is 2. The SMILES string of the molecule is NCc1nc(O)nc(N)c1O. The van der Waals surface area contributed by atoms with Crippen LogP contribution in [0.3, 0.4) is 0 Å². The average molecular weight is 156 g/mol. The lowest BCUT2D eigenvalue weighted by atomic mass is 10.3. The van der Waals surface area contributed by atoms with E-state index in [-0.39, 0.29) is 23.8 Å². The van der Waals surface area contributed by atoms with Crippen LogP contribution in [-0.2, 0) is 6.54 Å². The van der Waals surface area contributed by atoms with Gasteiger partial charge >= 0.3 is 6.01 Å². The van der Waals surface area contributed by atoms with E-state index in [9.17, 15) is 0 Å². The minimum atomic E-state index is -0.485. The topological polar surface area (TPSA) is 118 Å². The molecule has 6 nitrogen and oxygen atoms in total. The monoisotopic (exact) mass is 156 g/mol. The van der Waals surface area contributed by atoms with Crippen molar-refractivity contribution in [3.05, 3.63) is 5.69 Å². The smallest absolute Gasteiger partial charge is 0.316 e. The molecule has 0 unspecified atom stereocenters. The number of nitrogens with zero attached hydrogens (tertiary/aromatic N) is 2. The molecule has 6 heteroatoms. The molecule has 0 amide bonds. The van der Waals surface area contributed by atoms with Gasteiger partial charge in [0, 0.05) is 6.54 Å².